The van der Waals surface area contributed by atoms with Crippen LogP contribution in [0.25, 0.3) is 22.4 Å². The summed E-state index contributed by atoms with van der Waals surface area (Å²) >= 11 is 1.44. The van der Waals surface area contributed by atoms with Crippen LogP contribution in [-0.2, 0) is 11.2 Å². The van der Waals surface area contributed by atoms with Gasteiger partial charge in [-0.15, -0.1) is 11.3 Å². The monoisotopic (exact) mass is 364 g/mol. The van der Waals surface area contributed by atoms with Gasteiger partial charge in [0, 0.05) is 30.0 Å². The molecule has 0 aliphatic heterocycles. The molecule has 0 aliphatic rings. The molecule has 4 aromatic rings. The Hall–Kier alpha value is -3.46. The summed E-state index contributed by atoms with van der Waals surface area (Å²) in [6, 6.07) is 5.30. The zero-order chi connectivity index (χ0) is 17.8. The quantitative estimate of drug-likeness (QED) is 0.580. The van der Waals surface area contributed by atoms with Crippen molar-refractivity contribution >= 4 is 23.1 Å². The number of carbonyl (C=O) groups is 1. The Morgan fingerprint density at radius 3 is 2.88 bits per heavy atom. The predicted octanol–water partition coefficient (Wildman–Crippen LogP) is 2.83. The van der Waals surface area contributed by atoms with Gasteiger partial charge in [0.2, 0.25) is 11.7 Å². The summed E-state index contributed by atoms with van der Waals surface area (Å²) in [5.74, 6) is 0.693. The van der Waals surface area contributed by atoms with E-state index in [9.17, 15) is 4.79 Å². The van der Waals surface area contributed by atoms with Crippen LogP contribution in [-0.4, -0.2) is 30.8 Å². The lowest BCUT2D eigenvalue weighted by Gasteiger charge is -2.07. The molecule has 0 bridgehead atoms. The van der Waals surface area contributed by atoms with Crippen molar-refractivity contribution in [1.82, 2.24) is 24.9 Å². The fourth-order valence-corrected chi connectivity index (χ4v) is 2.87. The number of hydrogen-bond donors (Lipinski definition) is 1. The highest BCUT2D eigenvalue weighted by molar-refractivity contribution is 7.13. The lowest BCUT2D eigenvalue weighted by Crippen LogP contribution is -2.16. The highest BCUT2D eigenvalue weighted by Crippen LogP contribution is 2.25. The molecule has 0 radical (unpaired) electrons. The highest BCUT2D eigenvalue weighted by atomic mass is 32.1. The number of nitrogens with zero attached hydrogens (tertiary/aromatic N) is 5. The van der Waals surface area contributed by atoms with Crippen LogP contribution >= 0.6 is 11.3 Å². The number of thiazole rings is 1. The first kappa shape index (κ1) is 16.0. The third-order valence-electron chi connectivity index (χ3n) is 3.36. The summed E-state index contributed by atoms with van der Waals surface area (Å²) < 4.78 is 5.27. The fraction of sp³-hybridized carbons (Fsp3) is 0.0588. The standard InChI is InChI=1S/C17H12N6O2S/c24-14(8-11-2-1-3-18-10-11)22-13-9-12(17-20-5-7-26-17)21-15(23-13)16-19-4-6-25-16/h1-7,9-10H,8H2,(H,21,22,23,24). The third kappa shape index (κ3) is 3.62. The van der Waals surface area contributed by atoms with E-state index in [0.717, 1.165) is 5.56 Å². The molecule has 0 saturated carbocycles. The minimum Gasteiger partial charge on any atom is -0.442 e. The molecule has 0 fully saturated rings. The van der Waals surface area contributed by atoms with Crippen molar-refractivity contribution in [3.8, 4) is 22.4 Å². The van der Waals surface area contributed by atoms with Gasteiger partial charge in [0.1, 0.15) is 22.8 Å². The molecule has 8 nitrogen and oxygen atoms in total. The van der Waals surface area contributed by atoms with Crippen LogP contribution < -0.4 is 5.32 Å². The van der Waals surface area contributed by atoms with Crippen molar-refractivity contribution in [2.75, 3.05) is 5.32 Å². The van der Waals surface area contributed by atoms with Gasteiger partial charge in [-0.1, -0.05) is 6.07 Å². The van der Waals surface area contributed by atoms with Gasteiger partial charge >= 0.3 is 0 Å². The largest absolute Gasteiger partial charge is 0.442 e. The van der Waals surface area contributed by atoms with Crippen molar-refractivity contribution in [1.29, 1.82) is 0 Å². The number of amides is 1. The summed E-state index contributed by atoms with van der Waals surface area (Å²) in [5, 5.41) is 5.35. The molecule has 4 rings (SSSR count). The molecule has 1 amide bonds. The van der Waals surface area contributed by atoms with Crippen LogP contribution in [0.5, 0.6) is 0 Å². The first-order valence-electron chi connectivity index (χ1n) is 7.65. The second-order valence-corrected chi connectivity index (χ2v) is 6.12. The maximum absolute atomic E-state index is 12.3. The van der Waals surface area contributed by atoms with Crippen LogP contribution in [0.2, 0.25) is 0 Å². The first-order chi connectivity index (χ1) is 12.8. The van der Waals surface area contributed by atoms with Gasteiger partial charge in [0.25, 0.3) is 5.89 Å². The van der Waals surface area contributed by atoms with Gasteiger partial charge in [-0.2, -0.15) is 0 Å². The van der Waals surface area contributed by atoms with Crippen molar-refractivity contribution in [3.63, 3.8) is 0 Å². The van der Waals surface area contributed by atoms with Crippen molar-refractivity contribution in [2.24, 2.45) is 0 Å². The second kappa shape index (κ2) is 7.19. The topological polar surface area (TPSA) is 107 Å². The zero-order valence-electron chi connectivity index (χ0n) is 13.4. The molecule has 0 saturated heterocycles. The van der Waals surface area contributed by atoms with E-state index in [1.807, 2.05) is 11.4 Å². The van der Waals surface area contributed by atoms with Crippen molar-refractivity contribution < 1.29 is 9.21 Å². The van der Waals surface area contributed by atoms with Crippen LogP contribution in [0.15, 0.2) is 59.0 Å². The summed E-state index contributed by atoms with van der Waals surface area (Å²) in [4.78, 5) is 33.4. The molecule has 0 aliphatic carbocycles. The first-order valence-corrected chi connectivity index (χ1v) is 8.53. The number of rotatable bonds is 5. The van der Waals surface area contributed by atoms with Crippen LogP contribution in [0.1, 0.15) is 5.56 Å². The number of pyridine rings is 1. The Bertz CT molecular complexity index is 951. The Balaban J connectivity index is 1.63. The van der Waals surface area contributed by atoms with Crippen LogP contribution in [0.3, 0.4) is 0 Å². The summed E-state index contributed by atoms with van der Waals surface area (Å²) in [5.41, 5.74) is 1.40. The van der Waals surface area contributed by atoms with E-state index in [1.54, 1.807) is 30.7 Å². The average Bonchev–Trinajstić information content (AvgIpc) is 3.36. The normalized spacial score (nSPS) is 10.6. The molecular formula is C17H12N6O2S. The Morgan fingerprint density at radius 1 is 1.19 bits per heavy atom. The van der Waals surface area contributed by atoms with Crippen molar-refractivity contribution in [3.05, 3.63) is 60.2 Å². The number of carbonyl (C=O) groups excluding carboxylic acids is 1. The molecule has 1 N–H and O–H groups in total. The molecular weight excluding hydrogens is 352 g/mol. The van der Waals surface area contributed by atoms with E-state index in [2.05, 4.69) is 30.2 Å². The van der Waals surface area contributed by atoms with E-state index in [1.165, 1.54) is 23.8 Å². The highest BCUT2D eigenvalue weighted by Gasteiger charge is 2.15. The minimum atomic E-state index is -0.208. The van der Waals surface area contributed by atoms with Crippen LogP contribution in [0, 0.1) is 0 Å². The van der Waals surface area contributed by atoms with E-state index in [0.29, 0.717) is 16.5 Å². The van der Waals surface area contributed by atoms with Gasteiger partial charge in [0.05, 0.1) is 12.6 Å². The number of nitrogens with one attached hydrogen (secondary N) is 1. The van der Waals surface area contributed by atoms with Gasteiger partial charge < -0.3 is 9.73 Å². The SMILES string of the molecule is O=C(Cc1cccnc1)Nc1cc(-c2nccs2)nc(-c2ncco2)n1. The zero-order valence-corrected chi connectivity index (χ0v) is 14.2. The second-order valence-electron chi connectivity index (χ2n) is 5.22. The lowest BCUT2D eigenvalue weighted by atomic mass is 10.2. The third-order valence-corrected chi connectivity index (χ3v) is 4.15. The molecule has 0 atom stereocenters. The molecule has 9 heteroatoms. The smallest absolute Gasteiger partial charge is 0.264 e. The Labute approximate surface area is 152 Å². The fourth-order valence-electron chi connectivity index (χ4n) is 2.28. The van der Waals surface area contributed by atoms with E-state index in [4.69, 9.17) is 4.42 Å². The number of aromatic nitrogens is 5. The Morgan fingerprint density at radius 2 is 2.15 bits per heavy atom. The minimum absolute atomic E-state index is 0.193. The van der Waals surface area contributed by atoms with E-state index >= 15 is 0 Å². The molecule has 0 unspecified atom stereocenters. The maximum atomic E-state index is 12.3. The van der Waals surface area contributed by atoms with Gasteiger partial charge in [0.15, 0.2) is 0 Å². The van der Waals surface area contributed by atoms with Crippen molar-refractivity contribution in [2.45, 2.75) is 6.42 Å². The number of oxazole rings is 1. The molecule has 26 heavy (non-hydrogen) atoms. The number of anilines is 1. The lowest BCUT2D eigenvalue weighted by molar-refractivity contribution is -0.115. The summed E-state index contributed by atoms with van der Waals surface area (Å²) in [7, 11) is 0. The van der Waals surface area contributed by atoms with Gasteiger partial charge in [-0.25, -0.2) is 19.9 Å². The van der Waals surface area contributed by atoms with Crippen LogP contribution in [0.4, 0.5) is 5.82 Å². The predicted molar refractivity (Wildman–Crippen MR) is 95.2 cm³/mol. The van der Waals surface area contributed by atoms with Gasteiger partial charge in [-0.3, -0.25) is 9.78 Å². The number of hydrogen-bond acceptors (Lipinski definition) is 8. The molecule has 4 aromatic heterocycles. The molecule has 0 spiro atoms. The summed E-state index contributed by atoms with van der Waals surface area (Å²) in [6.45, 7) is 0. The van der Waals surface area contributed by atoms with Gasteiger partial charge in [-0.05, 0) is 11.6 Å². The average molecular weight is 364 g/mol. The summed E-state index contributed by atoms with van der Waals surface area (Å²) in [6.07, 6.45) is 8.14. The van der Waals surface area contributed by atoms with E-state index in [-0.39, 0.29) is 24.0 Å². The molecule has 0 aromatic carbocycles. The Kier molecular flexibility index (Phi) is 4.44. The molecule has 128 valence electrons. The van der Waals surface area contributed by atoms with E-state index < -0.39 is 0 Å². The maximum Gasteiger partial charge on any atom is 0.264 e. The molecule has 4 heterocycles.